The molecule has 0 bridgehead atoms. The zero-order valence-electron chi connectivity index (χ0n) is 13.0. The normalized spacial score (nSPS) is 10.5. The van der Waals surface area contributed by atoms with Crippen LogP contribution in [-0.4, -0.2) is 55.2 Å². The number of nitrogens with zero attached hydrogens (tertiary/aromatic N) is 3. The minimum Gasteiger partial charge on any atom is -0.462 e. The van der Waals surface area contributed by atoms with Gasteiger partial charge in [-0.25, -0.2) is 14.3 Å². The van der Waals surface area contributed by atoms with Crippen LogP contribution in [0.2, 0.25) is 0 Å². The van der Waals surface area contributed by atoms with E-state index in [1.165, 1.54) is 23.4 Å². The molecule has 0 aromatic carbocycles. The van der Waals surface area contributed by atoms with Gasteiger partial charge in [-0.15, -0.1) is 0 Å². The monoisotopic (exact) mass is 309 g/mol. The Hall–Kier alpha value is -2.64. The second-order valence-electron chi connectivity index (χ2n) is 4.43. The van der Waals surface area contributed by atoms with Crippen LogP contribution in [0.25, 0.3) is 0 Å². The minimum atomic E-state index is -0.813. The van der Waals surface area contributed by atoms with E-state index in [0.717, 1.165) is 0 Å². The van der Waals surface area contributed by atoms with Gasteiger partial charge in [-0.05, 0) is 13.8 Å². The highest BCUT2D eigenvalue weighted by molar-refractivity contribution is 5.94. The average Bonchev–Trinajstić information content (AvgIpc) is 2.46. The number of pyridine rings is 1. The molecule has 1 heterocycles. The highest BCUT2D eigenvalue weighted by atomic mass is 16.5. The zero-order chi connectivity index (χ0) is 16.7. The van der Waals surface area contributed by atoms with Crippen LogP contribution in [0, 0.1) is 0 Å². The van der Waals surface area contributed by atoms with Gasteiger partial charge in [0.15, 0.2) is 0 Å². The molecule has 0 fully saturated rings. The first-order valence-electron chi connectivity index (χ1n) is 6.72. The third kappa shape index (κ3) is 4.44. The van der Waals surface area contributed by atoms with Crippen molar-refractivity contribution in [1.82, 2.24) is 9.58 Å². The Morgan fingerprint density at radius 3 is 1.95 bits per heavy atom. The molecule has 0 saturated carbocycles. The van der Waals surface area contributed by atoms with Crippen LogP contribution in [0.15, 0.2) is 22.3 Å². The molecule has 0 spiro atoms. The number of carbonyl (C=O) groups is 2. The molecule has 0 aliphatic carbocycles. The lowest BCUT2D eigenvalue weighted by Gasteiger charge is -2.09. The van der Waals surface area contributed by atoms with E-state index in [1.54, 1.807) is 32.8 Å². The Bertz CT molecular complexity index is 592. The van der Waals surface area contributed by atoms with Crippen LogP contribution in [-0.2, 0) is 9.47 Å². The number of rotatable bonds is 6. The molecule has 22 heavy (non-hydrogen) atoms. The summed E-state index contributed by atoms with van der Waals surface area (Å²) in [5, 5.41) is 4.02. The van der Waals surface area contributed by atoms with E-state index in [1.807, 2.05) is 0 Å². The van der Waals surface area contributed by atoms with Gasteiger partial charge in [0.1, 0.15) is 17.5 Å². The van der Waals surface area contributed by atoms with Crippen molar-refractivity contribution < 1.29 is 19.1 Å². The molecule has 0 N–H and O–H groups in total. The van der Waals surface area contributed by atoms with E-state index >= 15 is 0 Å². The first kappa shape index (κ1) is 17.4. The van der Waals surface area contributed by atoms with Gasteiger partial charge in [0.2, 0.25) is 5.43 Å². The van der Waals surface area contributed by atoms with Crippen LogP contribution in [0.1, 0.15) is 34.6 Å². The van der Waals surface area contributed by atoms with Crippen molar-refractivity contribution in [3.8, 4) is 0 Å². The van der Waals surface area contributed by atoms with Crippen molar-refractivity contribution in [2.45, 2.75) is 13.8 Å². The molecule has 1 rings (SSSR count). The summed E-state index contributed by atoms with van der Waals surface area (Å²) in [5.41, 5.74) is -1.29. The van der Waals surface area contributed by atoms with Crippen LogP contribution in [0.3, 0.4) is 0 Å². The number of aromatic nitrogens is 1. The number of carbonyl (C=O) groups excluding carboxylic acids is 2. The first-order chi connectivity index (χ1) is 10.4. The fraction of sp³-hybridized carbons (Fsp3) is 0.429. The topological polar surface area (TPSA) is 90.2 Å². The van der Waals surface area contributed by atoms with Crippen molar-refractivity contribution in [2.24, 2.45) is 5.10 Å². The molecule has 0 aliphatic rings. The molecule has 8 heteroatoms. The van der Waals surface area contributed by atoms with E-state index in [2.05, 4.69) is 5.10 Å². The quantitative estimate of drug-likeness (QED) is 0.433. The fourth-order valence-electron chi connectivity index (χ4n) is 1.50. The minimum absolute atomic E-state index is 0.114. The smallest absolute Gasteiger partial charge is 0.343 e. The lowest BCUT2D eigenvalue weighted by Crippen LogP contribution is -2.26. The van der Waals surface area contributed by atoms with Gasteiger partial charge in [0.25, 0.3) is 0 Å². The van der Waals surface area contributed by atoms with E-state index in [9.17, 15) is 14.4 Å². The second-order valence-corrected chi connectivity index (χ2v) is 4.43. The number of hydrogen-bond donors (Lipinski definition) is 0. The van der Waals surface area contributed by atoms with Gasteiger partial charge in [-0.3, -0.25) is 4.79 Å². The van der Waals surface area contributed by atoms with Crippen LogP contribution >= 0.6 is 0 Å². The molecular weight excluding hydrogens is 290 g/mol. The van der Waals surface area contributed by atoms with E-state index in [4.69, 9.17) is 9.47 Å². The number of hydrogen-bond acceptors (Lipinski definition) is 6. The Morgan fingerprint density at radius 1 is 1.14 bits per heavy atom. The van der Waals surface area contributed by atoms with Crippen molar-refractivity contribution >= 4 is 18.3 Å². The van der Waals surface area contributed by atoms with Gasteiger partial charge in [-0.1, -0.05) is 0 Å². The lowest BCUT2D eigenvalue weighted by molar-refractivity contribution is 0.0520. The Kier molecular flexibility index (Phi) is 6.30. The van der Waals surface area contributed by atoms with E-state index < -0.39 is 17.4 Å². The van der Waals surface area contributed by atoms with E-state index in [0.29, 0.717) is 0 Å². The van der Waals surface area contributed by atoms with Crippen LogP contribution in [0.4, 0.5) is 0 Å². The summed E-state index contributed by atoms with van der Waals surface area (Å²) in [6.45, 7) is 3.47. The predicted molar refractivity (Wildman–Crippen MR) is 80.2 cm³/mol. The highest BCUT2D eigenvalue weighted by Gasteiger charge is 2.20. The van der Waals surface area contributed by atoms with Gasteiger partial charge in [0.05, 0.1) is 13.2 Å². The summed E-state index contributed by atoms with van der Waals surface area (Å²) in [6, 6.07) is 0. The van der Waals surface area contributed by atoms with Crippen molar-refractivity contribution in [3.63, 3.8) is 0 Å². The van der Waals surface area contributed by atoms with Gasteiger partial charge < -0.3 is 14.4 Å². The summed E-state index contributed by atoms with van der Waals surface area (Å²) in [7, 11) is 3.51. The second kappa shape index (κ2) is 7.96. The molecule has 0 saturated heterocycles. The van der Waals surface area contributed by atoms with Gasteiger partial charge in [-0.2, -0.15) is 5.10 Å². The van der Waals surface area contributed by atoms with Gasteiger partial charge in [0, 0.05) is 26.5 Å². The molecular formula is C14H19N3O5. The molecule has 120 valence electrons. The third-order valence-electron chi connectivity index (χ3n) is 2.42. The molecule has 0 radical (unpaired) electrons. The summed E-state index contributed by atoms with van der Waals surface area (Å²) >= 11 is 0. The number of esters is 2. The fourth-order valence-corrected chi connectivity index (χ4v) is 1.50. The first-order valence-corrected chi connectivity index (χ1v) is 6.72. The van der Waals surface area contributed by atoms with Crippen LogP contribution < -0.4 is 5.43 Å². The molecule has 8 nitrogen and oxygen atoms in total. The summed E-state index contributed by atoms with van der Waals surface area (Å²) in [4.78, 5) is 37.6. The standard InChI is InChI=1S/C14H19N3O5/c1-5-21-13(19)10-7-17(15-9-16(3)4)8-11(12(10)18)14(20)22-6-2/h7-9H,5-6H2,1-4H3/b15-9+. The molecule has 0 amide bonds. The van der Waals surface area contributed by atoms with Gasteiger partial charge >= 0.3 is 11.9 Å². The maximum absolute atomic E-state index is 12.2. The highest BCUT2D eigenvalue weighted by Crippen LogP contribution is 2.03. The zero-order valence-corrected chi connectivity index (χ0v) is 13.0. The molecule has 0 aliphatic heterocycles. The van der Waals surface area contributed by atoms with Crippen molar-refractivity contribution in [3.05, 3.63) is 33.7 Å². The lowest BCUT2D eigenvalue weighted by atomic mass is 10.2. The van der Waals surface area contributed by atoms with Crippen molar-refractivity contribution in [2.75, 3.05) is 27.3 Å². The Labute approximate surface area is 127 Å². The number of ether oxygens (including phenoxy) is 2. The predicted octanol–water partition coefficient (Wildman–Crippen LogP) is 0.555. The van der Waals surface area contributed by atoms with E-state index in [-0.39, 0.29) is 24.3 Å². The Balaban J connectivity index is 3.39. The van der Waals surface area contributed by atoms with Crippen molar-refractivity contribution in [1.29, 1.82) is 0 Å². The maximum atomic E-state index is 12.2. The largest absolute Gasteiger partial charge is 0.462 e. The third-order valence-corrected chi connectivity index (χ3v) is 2.42. The average molecular weight is 309 g/mol. The molecule has 1 aromatic rings. The summed E-state index contributed by atoms with van der Waals surface area (Å²) in [5.74, 6) is -1.63. The molecule has 0 atom stereocenters. The molecule has 1 aromatic heterocycles. The SMILES string of the molecule is CCOC(=O)c1cn(/N=C/N(C)C)cc(C(=O)OCC)c1=O. The molecule has 0 unspecified atom stereocenters. The summed E-state index contributed by atoms with van der Waals surface area (Å²) < 4.78 is 10.8. The Morgan fingerprint density at radius 2 is 1.59 bits per heavy atom. The van der Waals surface area contributed by atoms with Crippen LogP contribution in [0.5, 0.6) is 0 Å². The summed E-state index contributed by atoms with van der Waals surface area (Å²) in [6.07, 6.45) is 3.88. The maximum Gasteiger partial charge on any atom is 0.343 e.